The number of nitrogens with two attached hydrogens (primary N) is 1. The fourth-order valence-electron chi connectivity index (χ4n) is 1.95. The first kappa shape index (κ1) is 16.2. The number of rotatable bonds is 6. The molecule has 18 heavy (non-hydrogen) atoms. The minimum absolute atomic E-state index is 0.0476. The summed E-state index contributed by atoms with van der Waals surface area (Å²) in [7, 11) is -3.40. The molecule has 0 amide bonds. The average molecular weight is 295 g/mol. The molecule has 1 unspecified atom stereocenters. The second-order valence-corrected chi connectivity index (χ2v) is 8.51. The van der Waals surface area contributed by atoms with Gasteiger partial charge in [-0.3, -0.25) is 0 Å². The van der Waals surface area contributed by atoms with Crippen molar-refractivity contribution in [2.24, 2.45) is 5.73 Å². The van der Waals surface area contributed by atoms with Crippen LogP contribution in [0.25, 0.3) is 0 Å². The molecule has 7 heteroatoms. The molecule has 1 rings (SSSR count). The van der Waals surface area contributed by atoms with Gasteiger partial charge in [0.2, 0.25) is 0 Å². The zero-order valence-corrected chi connectivity index (χ0v) is 13.1. The van der Waals surface area contributed by atoms with Gasteiger partial charge in [0.05, 0.1) is 0 Å². The van der Waals surface area contributed by atoms with Gasteiger partial charge in [0, 0.05) is 30.4 Å². The summed E-state index contributed by atoms with van der Waals surface area (Å²) in [5.41, 5.74) is 5.66. The van der Waals surface area contributed by atoms with Gasteiger partial charge in [0.15, 0.2) is 0 Å². The maximum atomic E-state index is 12.3. The minimum Gasteiger partial charge on any atom is -0.329 e. The molecule has 1 aliphatic heterocycles. The third-order valence-corrected chi connectivity index (χ3v) is 6.24. The average Bonchev–Trinajstić information content (AvgIpc) is 2.37. The fraction of sp³-hybridized carbons (Fsp3) is 1.00. The summed E-state index contributed by atoms with van der Waals surface area (Å²) in [6.45, 7) is 5.46. The van der Waals surface area contributed by atoms with Crippen LogP contribution >= 0.6 is 11.8 Å². The van der Waals surface area contributed by atoms with Crippen molar-refractivity contribution >= 4 is 22.0 Å². The normalized spacial score (nSPS) is 23.2. The third kappa shape index (κ3) is 4.38. The summed E-state index contributed by atoms with van der Waals surface area (Å²) in [5, 5.41) is 0. The number of piperidine rings is 1. The first-order chi connectivity index (χ1) is 8.32. The zero-order valence-electron chi connectivity index (χ0n) is 11.5. The van der Waals surface area contributed by atoms with Crippen molar-refractivity contribution in [3.05, 3.63) is 0 Å². The van der Waals surface area contributed by atoms with E-state index in [1.165, 1.54) is 4.31 Å². The first-order valence-corrected chi connectivity index (χ1v) is 9.00. The molecular formula is C11H25N3O2S2. The van der Waals surface area contributed by atoms with Gasteiger partial charge in [-0.2, -0.15) is 24.5 Å². The van der Waals surface area contributed by atoms with Gasteiger partial charge in [0.25, 0.3) is 10.2 Å². The Morgan fingerprint density at radius 3 is 2.67 bits per heavy atom. The first-order valence-electron chi connectivity index (χ1n) is 6.34. The van der Waals surface area contributed by atoms with Crippen LogP contribution in [0.2, 0.25) is 0 Å². The maximum absolute atomic E-state index is 12.3. The van der Waals surface area contributed by atoms with Crippen molar-refractivity contribution in [3.8, 4) is 0 Å². The number of hydrogen-bond acceptors (Lipinski definition) is 4. The van der Waals surface area contributed by atoms with Gasteiger partial charge in [-0.05, 0) is 32.9 Å². The molecular weight excluding hydrogens is 270 g/mol. The molecule has 1 saturated heterocycles. The molecule has 1 atom stereocenters. The lowest BCUT2D eigenvalue weighted by Crippen LogP contribution is -2.53. The Morgan fingerprint density at radius 2 is 2.11 bits per heavy atom. The van der Waals surface area contributed by atoms with Crippen LogP contribution in [-0.4, -0.2) is 49.4 Å². The smallest absolute Gasteiger partial charge is 0.279 e. The molecule has 108 valence electrons. The second-order valence-electron chi connectivity index (χ2n) is 5.29. The standard InChI is InChI=1S/C11H25N3O2S2/c1-11(2,17-3)9-13-18(15,16)14-7-5-4-6-10(14)8-12/h10,13H,4-9,12H2,1-3H3. The Kier molecular flexibility index (Phi) is 5.92. The lowest BCUT2D eigenvalue weighted by atomic mass is 10.1. The van der Waals surface area contributed by atoms with E-state index in [0.717, 1.165) is 19.3 Å². The molecule has 0 radical (unpaired) electrons. The topological polar surface area (TPSA) is 75.4 Å². The monoisotopic (exact) mass is 295 g/mol. The lowest BCUT2D eigenvalue weighted by molar-refractivity contribution is 0.254. The minimum atomic E-state index is -3.40. The van der Waals surface area contributed by atoms with Gasteiger partial charge in [-0.1, -0.05) is 6.42 Å². The molecule has 0 aromatic rings. The van der Waals surface area contributed by atoms with Crippen molar-refractivity contribution in [1.82, 2.24) is 9.03 Å². The summed E-state index contributed by atoms with van der Waals surface area (Å²) < 4.78 is 28.7. The predicted octanol–water partition coefficient (Wildman–Crippen LogP) is 0.776. The Bertz CT molecular complexity index is 357. The molecule has 0 aromatic carbocycles. The summed E-state index contributed by atoms with van der Waals surface area (Å²) in [5.74, 6) is 0. The van der Waals surface area contributed by atoms with Crippen LogP contribution in [0.4, 0.5) is 0 Å². The van der Waals surface area contributed by atoms with E-state index in [-0.39, 0.29) is 10.8 Å². The summed E-state index contributed by atoms with van der Waals surface area (Å²) in [6.07, 6.45) is 4.83. The van der Waals surface area contributed by atoms with Crippen molar-refractivity contribution in [3.63, 3.8) is 0 Å². The van der Waals surface area contributed by atoms with Gasteiger partial charge < -0.3 is 5.73 Å². The van der Waals surface area contributed by atoms with Crippen LogP contribution in [0, 0.1) is 0 Å². The maximum Gasteiger partial charge on any atom is 0.279 e. The number of thioether (sulfide) groups is 1. The highest BCUT2D eigenvalue weighted by atomic mass is 32.2. The number of nitrogens with one attached hydrogen (secondary N) is 1. The van der Waals surface area contributed by atoms with Gasteiger partial charge in [0.1, 0.15) is 0 Å². The van der Waals surface area contributed by atoms with E-state index < -0.39 is 10.2 Å². The highest BCUT2D eigenvalue weighted by Crippen LogP contribution is 2.22. The van der Waals surface area contributed by atoms with E-state index in [1.54, 1.807) is 11.8 Å². The molecule has 0 aliphatic carbocycles. The molecule has 0 spiro atoms. The Balaban J connectivity index is 2.67. The molecule has 3 N–H and O–H groups in total. The predicted molar refractivity (Wildman–Crippen MR) is 77.9 cm³/mol. The van der Waals surface area contributed by atoms with Crippen LogP contribution in [0.3, 0.4) is 0 Å². The zero-order chi connectivity index (χ0) is 13.8. The van der Waals surface area contributed by atoms with Crippen LogP contribution in [0.15, 0.2) is 0 Å². The fourth-order valence-corrected chi connectivity index (χ4v) is 3.92. The largest absolute Gasteiger partial charge is 0.329 e. The lowest BCUT2D eigenvalue weighted by Gasteiger charge is -2.34. The molecule has 0 aromatic heterocycles. The van der Waals surface area contributed by atoms with Crippen molar-refractivity contribution in [2.75, 3.05) is 25.9 Å². The quantitative estimate of drug-likeness (QED) is 0.759. The molecule has 1 fully saturated rings. The molecule has 0 saturated carbocycles. The van der Waals surface area contributed by atoms with Crippen molar-refractivity contribution < 1.29 is 8.42 Å². The van der Waals surface area contributed by atoms with Crippen LogP contribution in [-0.2, 0) is 10.2 Å². The summed E-state index contributed by atoms with van der Waals surface area (Å²) in [4.78, 5) is 0. The summed E-state index contributed by atoms with van der Waals surface area (Å²) in [6, 6.07) is -0.0476. The molecule has 5 nitrogen and oxygen atoms in total. The van der Waals surface area contributed by atoms with E-state index in [9.17, 15) is 8.42 Å². The van der Waals surface area contributed by atoms with Crippen molar-refractivity contribution in [1.29, 1.82) is 0 Å². The van der Waals surface area contributed by atoms with E-state index in [1.807, 2.05) is 20.1 Å². The van der Waals surface area contributed by atoms with Gasteiger partial charge in [-0.15, -0.1) is 0 Å². The summed E-state index contributed by atoms with van der Waals surface area (Å²) >= 11 is 1.65. The van der Waals surface area contributed by atoms with E-state index in [0.29, 0.717) is 19.6 Å². The number of hydrogen-bond donors (Lipinski definition) is 2. The number of nitrogens with zero attached hydrogens (tertiary/aromatic N) is 1. The van der Waals surface area contributed by atoms with Gasteiger partial charge >= 0.3 is 0 Å². The molecule has 0 bridgehead atoms. The van der Waals surface area contributed by atoms with Crippen LogP contribution in [0.5, 0.6) is 0 Å². The van der Waals surface area contributed by atoms with Gasteiger partial charge in [-0.25, -0.2) is 4.72 Å². The van der Waals surface area contributed by atoms with Crippen LogP contribution < -0.4 is 10.5 Å². The van der Waals surface area contributed by atoms with Crippen LogP contribution in [0.1, 0.15) is 33.1 Å². The SMILES string of the molecule is CSC(C)(C)CNS(=O)(=O)N1CCCCC1CN. The Hall–Kier alpha value is 0.180. The van der Waals surface area contributed by atoms with E-state index in [4.69, 9.17) is 5.73 Å². The molecule has 1 aliphatic rings. The Morgan fingerprint density at radius 1 is 1.44 bits per heavy atom. The van der Waals surface area contributed by atoms with E-state index >= 15 is 0 Å². The van der Waals surface area contributed by atoms with E-state index in [2.05, 4.69) is 4.72 Å². The van der Waals surface area contributed by atoms with Crippen molar-refractivity contribution in [2.45, 2.75) is 43.9 Å². The highest BCUT2D eigenvalue weighted by molar-refractivity contribution is 8.00. The molecule has 1 heterocycles. The second kappa shape index (κ2) is 6.56. The third-order valence-electron chi connectivity index (χ3n) is 3.39. The Labute approximate surface area is 115 Å². The highest BCUT2D eigenvalue weighted by Gasteiger charge is 2.32.